The van der Waals surface area contributed by atoms with Crippen molar-refractivity contribution in [3.05, 3.63) is 11.8 Å². The Labute approximate surface area is 121 Å². The van der Waals surface area contributed by atoms with Crippen LogP contribution >= 0.6 is 0 Å². The number of hydrogen-bond acceptors (Lipinski definition) is 5. The number of anilines is 1. The van der Waals surface area contributed by atoms with Gasteiger partial charge >= 0.3 is 0 Å². The van der Waals surface area contributed by atoms with Gasteiger partial charge in [0.15, 0.2) is 0 Å². The average molecular weight is 278 g/mol. The van der Waals surface area contributed by atoms with Crippen LogP contribution in [0.15, 0.2) is 6.07 Å². The van der Waals surface area contributed by atoms with Gasteiger partial charge in [0.2, 0.25) is 11.8 Å². The largest absolute Gasteiger partial charge is 0.478 e. The third kappa shape index (κ3) is 4.07. The summed E-state index contributed by atoms with van der Waals surface area (Å²) in [5.41, 5.74) is 0.952. The highest BCUT2D eigenvalue weighted by atomic mass is 16.5. The van der Waals surface area contributed by atoms with Crippen LogP contribution in [0.3, 0.4) is 0 Å². The van der Waals surface area contributed by atoms with Crippen molar-refractivity contribution in [1.82, 2.24) is 15.3 Å². The molecular weight excluding hydrogens is 252 g/mol. The monoisotopic (exact) mass is 278 g/mol. The summed E-state index contributed by atoms with van der Waals surface area (Å²) in [6.45, 7) is 9.74. The lowest BCUT2D eigenvalue weighted by atomic mass is 10.0. The summed E-state index contributed by atoms with van der Waals surface area (Å²) in [6.07, 6.45) is 3.84. The zero-order valence-corrected chi connectivity index (χ0v) is 12.9. The lowest BCUT2D eigenvalue weighted by Gasteiger charge is -2.30. The normalized spacial score (nSPS) is 18.9. The first kappa shape index (κ1) is 15.0. The topological polar surface area (TPSA) is 50.3 Å². The predicted octanol–water partition coefficient (Wildman–Crippen LogP) is 2.15. The second-order valence-corrected chi connectivity index (χ2v) is 5.27. The van der Waals surface area contributed by atoms with Crippen LogP contribution in [-0.2, 0) is 0 Å². The van der Waals surface area contributed by atoms with Gasteiger partial charge in [-0.3, -0.25) is 0 Å². The summed E-state index contributed by atoms with van der Waals surface area (Å²) < 4.78 is 5.52. The van der Waals surface area contributed by atoms with Crippen LogP contribution in [0.5, 0.6) is 5.88 Å². The van der Waals surface area contributed by atoms with Crippen LogP contribution in [0, 0.1) is 6.92 Å². The van der Waals surface area contributed by atoms with Gasteiger partial charge in [0, 0.05) is 30.9 Å². The second-order valence-electron chi connectivity index (χ2n) is 5.27. The fourth-order valence-corrected chi connectivity index (χ4v) is 2.59. The molecule has 1 aliphatic rings. The van der Waals surface area contributed by atoms with Crippen molar-refractivity contribution in [2.45, 2.75) is 46.1 Å². The van der Waals surface area contributed by atoms with Crippen molar-refractivity contribution >= 4 is 5.95 Å². The van der Waals surface area contributed by atoms with E-state index in [-0.39, 0.29) is 0 Å². The summed E-state index contributed by atoms with van der Waals surface area (Å²) in [7, 11) is 0. The molecule has 1 unspecified atom stereocenters. The Bertz CT molecular complexity index is 418. The molecule has 0 radical (unpaired) electrons. The quantitative estimate of drug-likeness (QED) is 0.864. The number of likely N-dealkylation sites (N-methyl/N-ethyl adjacent to an activating group) is 1. The van der Waals surface area contributed by atoms with E-state index in [0.29, 0.717) is 18.5 Å². The Morgan fingerprint density at radius 3 is 2.85 bits per heavy atom. The van der Waals surface area contributed by atoms with E-state index in [1.807, 2.05) is 19.9 Å². The van der Waals surface area contributed by atoms with Crippen molar-refractivity contribution < 1.29 is 4.74 Å². The molecule has 5 heteroatoms. The molecular formula is C15H26N4O. The van der Waals surface area contributed by atoms with Crippen molar-refractivity contribution in [3.63, 3.8) is 0 Å². The molecule has 5 nitrogen and oxygen atoms in total. The molecule has 1 aromatic rings. The zero-order valence-electron chi connectivity index (χ0n) is 12.9. The van der Waals surface area contributed by atoms with Crippen LogP contribution in [0.25, 0.3) is 0 Å². The summed E-state index contributed by atoms with van der Waals surface area (Å²) in [4.78, 5) is 11.3. The smallest absolute Gasteiger partial charge is 0.228 e. The molecule has 0 aromatic carbocycles. The minimum atomic E-state index is 0.545. The maximum atomic E-state index is 5.52. The Kier molecular flexibility index (Phi) is 5.59. The predicted molar refractivity (Wildman–Crippen MR) is 81.5 cm³/mol. The summed E-state index contributed by atoms with van der Waals surface area (Å²) >= 11 is 0. The number of aryl methyl sites for hydroxylation is 1. The highest BCUT2D eigenvalue weighted by molar-refractivity contribution is 5.34. The molecule has 0 saturated carbocycles. The first-order chi connectivity index (χ1) is 9.72. The van der Waals surface area contributed by atoms with Crippen LogP contribution in [-0.4, -0.2) is 42.3 Å². The molecule has 2 heterocycles. The van der Waals surface area contributed by atoms with Gasteiger partial charge in [0.25, 0.3) is 0 Å². The Morgan fingerprint density at radius 2 is 2.20 bits per heavy atom. The van der Waals surface area contributed by atoms with E-state index in [2.05, 4.69) is 27.1 Å². The fraction of sp³-hybridized carbons (Fsp3) is 0.733. The molecule has 112 valence electrons. The van der Waals surface area contributed by atoms with Gasteiger partial charge in [-0.2, -0.15) is 4.98 Å². The third-order valence-corrected chi connectivity index (χ3v) is 3.63. The third-order valence-electron chi connectivity index (χ3n) is 3.63. The number of hydrogen-bond donors (Lipinski definition) is 1. The van der Waals surface area contributed by atoms with E-state index in [0.717, 1.165) is 31.3 Å². The lowest BCUT2D eigenvalue weighted by Crippen LogP contribution is -2.44. The van der Waals surface area contributed by atoms with Gasteiger partial charge in [-0.1, -0.05) is 6.42 Å². The number of ether oxygens (including phenoxy) is 1. The van der Waals surface area contributed by atoms with Crippen molar-refractivity contribution in [3.8, 4) is 5.88 Å². The van der Waals surface area contributed by atoms with E-state index in [4.69, 9.17) is 4.74 Å². The molecule has 1 fully saturated rings. The van der Waals surface area contributed by atoms with E-state index < -0.39 is 0 Å². The molecule has 0 bridgehead atoms. The van der Waals surface area contributed by atoms with Gasteiger partial charge in [0.05, 0.1) is 6.61 Å². The van der Waals surface area contributed by atoms with E-state index in [1.165, 1.54) is 19.3 Å². The number of nitrogens with zero attached hydrogens (tertiary/aromatic N) is 3. The number of piperidine rings is 1. The molecule has 1 aliphatic heterocycles. The summed E-state index contributed by atoms with van der Waals surface area (Å²) in [5.74, 6) is 1.45. The number of nitrogens with one attached hydrogen (secondary N) is 1. The Morgan fingerprint density at radius 1 is 1.35 bits per heavy atom. The Balaban J connectivity index is 2.09. The number of aromatic nitrogens is 2. The molecule has 1 atom stereocenters. The summed E-state index contributed by atoms with van der Waals surface area (Å²) in [6, 6.07) is 2.43. The molecule has 2 rings (SSSR count). The van der Waals surface area contributed by atoms with Gasteiger partial charge in [-0.15, -0.1) is 0 Å². The number of rotatable bonds is 6. The highest BCUT2D eigenvalue weighted by Crippen LogP contribution is 2.17. The van der Waals surface area contributed by atoms with Gasteiger partial charge < -0.3 is 15.0 Å². The standard InChI is InChI=1S/C15H26N4O/c1-4-19(11-13-8-6-7-9-16-13)15-17-12(3)10-14(18-15)20-5-2/h10,13,16H,4-9,11H2,1-3H3. The van der Waals surface area contributed by atoms with E-state index in [9.17, 15) is 0 Å². The zero-order chi connectivity index (χ0) is 14.4. The minimum Gasteiger partial charge on any atom is -0.478 e. The van der Waals surface area contributed by atoms with Gasteiger partial charge in [-0.05, 0) is 40.2 Å². The average Bonchev–Trinajstić information content (AvgIpc) is 2.45. The maximum absolute atomic E-state index is 5.52. The summed E-state index contributed by atoms with van der Waals surface area (Å²) in [5, 5.41) is 3.58. The SMILES string of the molecule is CCOc1cc(C)nc(N(CC)CC2CCCCN2)n1. The molecule has 0 amide bonds. The Hall–Kier alpha value is -1.36. The van der Waals surface area contributed by atoms with Crippen molar-refractivity contribution in [2.75, 3.05) is 31.1 Å². The van der Waals surface area contributed by atoms with Gasteiger partial charge in [0.1, 0.15) is 0 Å². The van der Waals surface area contributed by atoms with Crippen LogP contribution in [0.2, 0.25) is 0 Å². The van der Waals surface area contributed by atoms with Crippen molar-refractivity contribution in [1.29, 1.82) is 0 Å². The minimum absolute atomic E-state index is 0.545. The molecule has 20 heavy (non-hydrogen) atoms. The van der Waals surface area contributed by atoms with Crippen LogP contribution < -0.4 is 15.0 Å². The lowest BCUT2D eigenvalue weighted by molar-refractivity contribution is 0.325. The van der Waals surface area contributed by atoms with E-state index in [1.54, 1.807) is 0 Å². The first-order valence-corrected chi connectivity index (χ1v) is 7.69. The first-order valence-electron chi connectivity index (χ1n) is 7.69. The maximum Gasteiger partial charge on any atom is 0.228 e. The second kappa shape index (κ2) is 7.43. The van der Waals surface area contributed by atoms with Crippen LogP contribution in [0.4, 0.5) is 5.95 Å². The molecule has 0 spiro atoms. The fourth-order valence-electron chi connectivity index (χ4n) is 2.59. The van der Waals surface area contributed by atoms with Crippen LogP contribution in [0.1, 0.15) is 38.8 Å². The van der Waals surface area contributed by atoms with Gasteiger partial charge in [-0.25, -0.2) is 4.98 Å². The van der Waals surface area contributed by atoms with Crippen molar-refractivity contribution in [2.24, 2.45) is 0 Å². The van der Waals surface area contributed by atoms with E-state index >= 15 is 0 Å². The molecule has 1 aromatic heterocycles. The molecule has 1 N–H and O–H groups in total. The molecule has 1 saturated heterocycles. The highest BCUT2D eigenvalue weighted by Gasteiger charge is 2.18. The molecule has 0 aliphatic carbocycles.